The molecule has 0 aromatic rings. The molecule has 0 saturated carbocycles. The van der Waals surface area contributed by atoms with E-state index in [1.165, 1.54) is 51.4 Å². The smallest absolute Gasteiger partial charge is 0.361 e. The monoisotopic (exact) mass is 803 g/mol. The molecule has 9 nitrogen and oxygen atoms in total. The molecule has 2 atom stereocenters. The number of quaternary nitrogens is 1. The quantitative estimate of drug-likeness (QED) is 0.0214. The first-order chi connectivity index (χ1) is 27.6. The predicted molar refractivity (Wildman–Crippen MR) is 235 cm³/mol. The number of allylic oxidation sites excluding steroid dienone is 10. The normalized spacial score (nSPS) is 13.5. The second kappa shape index (κ2) is 39.8. The van der Waals surface area contributed by atoms with Gasteiger partial charge >= 0.3 is 17.9 Å². The Morgan fingerprint density at radius 3 is 1.49 bits per heavy atom. The summed E-state index contributed by atoms with van der Waals surface area (Å²) in [6, 6.07) is 0. The highest BCUT2D eigenvalue weighted by atomic mass is 16.7. The third kappa shape index (κ3) is 41.0. The van der Waals surface area contributed by atoms with Gasteiger partial charge in [-0.25, -0.2) is 4.79 Å². The summed E-state index contributed by atoms with van der Waals surface area (Å²) in [7, 11) is 5.94. The largest absolute Gasteiger partial charge is 0.477 e. The van der Waals surface area contributed by atoms with Crippen LogP contribution in [0.2, 0.25) is 0 Å². The number of ether oxygens (including phenoxy) is 4. The first-order valence-corrected chi connectivity index (χ1v) is 22.5. The van der Waals surface area contributed by atoms with Gasteiger partial charge in [-0.1, -0.05) is 158 Å². The molecule has 0 heterocycles. The summed E-state index contributed by atoms with van der Waals surface area (Å²) >= 11 is 0. The number of carbonyl (C=O) groups is 3. The lowest BCUT2D eigenvalue weighted by Gasteiger charge is -2.25. The number of carboxylic acids is 1. The standard InChI is InChI=1S/C48H83NO8/c1-6-8-10-12-14-16-18-19-20-21-22-23-24-25-26-27-29-31-33-35-37-39-46(51)57-44(43-56-48(47(52)53)54-41-40-49(3,4)5)42-55-45(50)38-36-34-32-30-28-17-15-13-11-9-7-2/h8,10,14,16,19-20,22-23,25-26,44,48H,6-7,9,11-13,15,17-18,21,24,27-43H2,1-5H3/p+1/b10-8-,16-14-,20-19-,23-22-,26-25-. The number of likely N-dealkylation sites (N-methyl/N-ethyl adjacent to an activating group) is 1. The molecule has 2 unspecified atom stereocenters. The minimum atomic E-state index is -1.51. The van der Waals surface area contributed by atoms with Crippen LogP contribution in [0.3, 0.4) is 0 Å². The van der Waals surface area contributed by atoms with Gasteiger partial charge in [0.2, 0.25) is 0 Å². The van der Waals surface area contributed by atoms with E-state index in [1.54, 1.807) is 0 Å². The minimum Gasteiger partial charge on any atom is -0.477 e. The number of unbranched alkanes of at least 4 members (excludes halogenated alkanes) is 15. The van der Waals surface area contributed by atoms with Crippen molar-refractivity contribution < 1.29 is 42.9 Å². The zero-order valence-corrected chi connectivity index (χ0v) is 37.0. The van der Waals surface area contributed by atoms with Crippen molar-refractivity contribution in [3.8, 4) is 0 Å². The summed E-state index contributed by atoms with van der Waals surface area (Å²) in [5, 5.41) is 9.62. The average Bonchev–Trinajstić information content (AvgIpc) is 3.17. The Kier molecular flexibility index (Phi) is 37.7. The van der Waals surface area contributed by atoms with Crippen molar-refractivity contribution in [1.82, 2.24) is 0 Å². The van der Waals surface area contributed by atoms with Gasteiger partial charge in [-0.2, -0.15) is 0 Å². The Labute approximate surface area is 348 Å². The summed E-state index contributed by atoms with van der Waals surface area (Å²) < 4.78 is 22.7. The highest BCUT2D eigenvalue weighted by molar-refractivity contribution is 5.71. The van der Waals surface area contributed by atoms with E-state index in [0.717, 1.165) is 83.5 Å². The van der Waals surface area contributed by atoms with Gasteiger partial charge in [0.25, 0.3) is 6.29 Å². The molecule has 0 aromatic carbocycles. The molecule has 328 valence electrons. The summed E-state index contributed by atoms with van der Waals surface area (Å²) in [5.41, 5.74) is 0. The number of nitrogens with zero attached hydrogens (tertiary/aromatic N) is 1. The Bertz CT molecular complexity index is 1120. The van der Waals surface area contributed by atoms with Crippen molar-refractivity contribution in [2.45, 2.75) is 180 Å². The number of carbonyl (C=O) groups excluding carboxylic acids is 2. The van der Waals surface area contributed by atoms with Crippen LogP contribution in [0.1, 0.15) is 168 Å². The Hall–Kier alpha value is -3.01. The van der Waals surface area contributed by atoms with E-state index >= 15 is 0 Å². The van der Waals surface area contributed by atoms with E-state index in [-0.39, 0.29) is 32.2 Å². The number of aliphatic carboxylic acids is 1. The van der Waals surface area contributed by atoms with Crippen LogP contribution in [0.15, 0.2) is 60.8 Å². The Balaban J connectivity index is 4.46. The average molecular weight is 803 g/mol. The van der Waals surface area contributed by atoms with Crippen LogP contribution in [0.5, 0.6) is 0 Å². The van der Waals surface area contributed by atoms with Gasteiger partial charge in [0, 0.05) is 12.8 Å². The molecule has 0 amide bonds. The van der Waals surface area contributed by atoms with Crippen molar-refractivity contribution in [2.24, 2.45) is 0 Å². The Morgan fingerprint density at radius 2 is 1.00 bits per heavy atom. The van der Waals surface area contributed by atoms with E-state index in [2.05, 4.69) is 74.6 Å². The van der Waals surface area contributed by atoms with Crippen molar-refractivity contribution in [1.29, 1.82) is 0 Å². The van der Waals surface area contributed by atoms with Crippen molar-refractivity contribution in [3.63, 3.8) is 0 Å². The molecule has 0 bridgehead atoms. The molecule has 1 N–H and O–H groups in total. The molecule has 0 aliphatic heterocycles. The van der Waals surface area contributed by atoms with Crippen LogP contribution in [-0.4, -0.2) is 87.4 Å². The van der Waals surface area contributed by atoms with Gasteiger partial charge in [-0.3, -0.25) is 9.59 Å². The highest BCUT2D eigenvalue weighted by Crippen LogP contribution is 2.14. The number of hydrogen-bond acceptors (Lipinski definition) is 7. The second-order valence-corrected chi connectivity index (χ2v) is 16.0. The van der Waals surface area contributed by atoms with Gasteiger partial charge in [-0.15, -0.1) is 0 Å². The molecular weight excluding hydrogens is 719 g/mol. The molecule has 57 heavy (non-hydrogen) atoms. The van der Waals surface area contributed by atoms with Gasteiger partial charge in [-0.05, 0) is 57.8 Å². The van der Waals surface area contributed by atoms with E-state index in [9.17, 15) is 19.5 Å². The fraction of sp³-hybridized carbons (Fsp3) is 0.729. The zero-order valence-electron chi connectivity index (χ0n) is 37.0. The first kappa shape index (κ1) is 54.0. The van der Waals surface area contributed by atoms with E-state index < -0.39 is 24.3 Å². The van der Waals surface area contributed by atoms with Gasteiger partial charge in [0.15, 0.2) is 6.10 Å². The van der Waals surface area contributed by atoms with Crippen LogP contribution in [0, 0.1) is 0 Å². The first-order valence-electron chi connectivity index (χ1n) is 22.5. The second-order valence-electron chi connectivity index (χ2n) is 16.0. The Morgan fingerprint density at radius 1 is 0.544 bits per heavy atom. The van der Waals surface area contributed by atoms with Crippen LogP contribution in [0.4, 0.5) is 0 Å². The molecule has 0 aliphatic rings. The van der Waals surface area contributed by atoms with E-state index in [4.69, 9.17) is 18.9 Å². The molecule has 0 aromatic heterocycles. The van der Waals surface area contributed by atoms with Crippen LogP contribution >= 0.6 is 0 Å². The topological polar surface area (TPSA) is 108 Å². The number of esters is 2. The molecule has 0 radical (unpaired) electrons. The maximum atomic E-state index is 12.8. The lowest BCUT2D eigenvalue weighted by atomic mass is 10.1. The van der Waals surface area contributed by atoms with Crippen LogP contribution < -0.4 is 0 Å². The van der Waals surface area contributed by atoms with Gasteiger partial charge < -0.3 is 28.5 Å². The fourth-order valence-corrected chi connectivity index (χ4v) is 5.80. The number of rotatable bonds is 40. The van der Waals surface area contributed by atoms with Crippen molar-refractivity contribution in [2.75, 3.05) is 47.5 Å². The summed E-state index contributed by atoms with van der Waals surface area (Å²) in [5.74, 6) is -2.04. The minimum absolute atomic E-state index is 0.182. The molecule has 0 aliphatic carbocycles. The summed E-state index contributed by atoms with van der Waals surface area (Å²) in [6.45, 7) is 4.71. The maximum absolute atomic E-state index is 12.8. The molecule has 0 spiro atoms. The molecular formula is C48H84NO8+. The fourth-order valence-electron chi connectivity index (χ4n) is 5.80. The lowest BCUT2D eigenvalue weighted by molar-refractivity contribution is -0.870. The molecule has 0 fully saturated rings. The van der Waals surface area contributed by atoms with Crippen molar-refractivity contribution >= 4 is 17.9 Å². The molecule has 0 rings (SSSR count). The molecule has 9 heteroatoms. The predicted octanol–water partition coefficient (Wildman–Crippen LogP) is 11.8. The highest BCUT2D eigenvalue weighted by Gasteiger charge is 2.25. The number of carboxylic acid groups (broad SMARTS) is 1. The van der Waals surface area contributed by atoms with E-state index in [0.29, 0.717) is 23.9 Å². The SMILES string of the molecule is CC/C=C\C/C=C\C/C=C\C/C=C\C/C=C\CCCCCCCC(=O)OC(COC(=O)CCCCCCCCCCCCC)COC(OCC[N+](C)(C)C)C(=O)O. The maximum Gasteiger partial charge on any atom is 0.361 e. The van der Waals surface area contributed by atoms with Gasteiger partial charge in [0.05, 0.1) is 34.4 Å². The van der Waals surface area contributed by atoms with Crippen LogP contribution in [0.25, 0.3) is 0 Å². The lowest BCUT2D eigenvalue weighted by Crippen LogP contribution is -2.40. The zero-order chi connectivity index (χ0) is 42.1. The third-order valence-corrected chi connectivity index (χ3v) is 9.29. The molecule has 0 saturated heterocycles. The van der Waals surface area contributed by atoms with Crippen LogP contribution in [-0.2, 0) is 33.3 Å². The van der Waals surface area contributed by atoms with E-state index in [1.807, 2.05) is 21.1 Å². The number of hydrogen-bond donors (Lipinski definition) is 1. The van der Waals surface area contributed by atoms with Crippen molar-refractivity contribution in [3.05, 3.63) is 60.8 Å². The third-order valence-electron chi connectivity index (χ3n) is 9.29. The summed E-state index contributed by atoms with van der Waals surface area (Å²) in [6.07, 6.45) is 44.2. The summed E-state index contributed by atoms with van der Waals surface area (Å²) in [4.78, 5) is 37.1. The van der Waals surface area contributed by atoms with Gasteiger partial charge in [0.1, 0.15) is 13.2 Å².